The minimum atomic E-state index is 0. The third kappa shape index (κ3) is 0.772. The SMILES string of the molecule is Oc1ccc2c(c1)CNC2.[HH]. The molecule has 0 unspecified atom stereocenters. The first-order valence-electron chi connectivity index (χ1n) is 3.38. The summed E-state index contributed by atoms with van der Waals surface area (Å²) in [5.41, 5.74) is 2.53. The van der Waals surface area contributed by atoms with Gasteiger partial charge >= 0.3 is 0 Å². The van der Waals surface area contributed by atoms with E-state index in [-0.39, 0.29) is 1.43 Å². The molecule has 1 heterocycles. The van der Waals surface area contributed by atoms with Crippen LogP contribution in [-0.2, 0) is 13.1 Å². The summed E-state index contributed by atoms with van der Waals surface area (Å²) >= 11 is 0. The minimum Gasteiger partial charge on any atom is -0.508 e. The van der Waals surface area contributed by atoms with E-state index in [1.807, 2.05) is 12.1 Å². The van der Waals surface area contributed by atoms with E-state index in [2.05, 4.69) is 5.32 Å². The molecule has 1 aliphatic heterocycles. The lowest BCUT2D eigenvalue weighted by Crippen LogP contribution is -1.99. The molecule has 0 bridgehead atoms. The highest BCUT2D eigenvalue weighted by molar-refractivity contribution is 5.36. The molecular weight excluding hydrogens is 126 g/mol. The van der Waals surface area contributed by atoms with E-state index >= 15 is 0 Å². The van der Waals surface area contributed by atoms with Gasteiger partial charge in [0.1, 0.15) is 5.75 Å². The molecule has 0 atom stereocenters. The highest BCUT2D eigenvalue weighted by atomic mass is 16.3. The summed E-state index contributed by atoms with van der Waals surface area (Å²) in [5, 5.41) is 12.3. The van der Waals surface area contributed by atoms with Crippen LogP contribution in [0.3, 0.4) is 0 Å². The van der Waals surface area contributed by atoms with Crippen molar-refractivity contribution in [2.45, 2.75) is 13.1 Å². The van der Waals surface area contributed by atoms with Gasteiger partial charge in [-0.3, -0.25) is 0 Å². The van der Waals surface area contributed by atoms with Gasteiger partial charge in [0.2, 0.25) is 0 Å². The standard InChI is InChI=1S/C8H9NO.H2/c10-8-2-1-6-4-9-5-7(6)3-8;/h1-3,9-10H,4-5H2;1H. The van der Waals surface area contributed by atoms with E-state index in [0.717, 1.165) is 13.1 Å². The Hall–Kier alpha value is -1.02. The summed E-state index contributed by atoms with van der Waals surface area (Å²) in [6.07, 6.45) is 0. The van der Waals surface area contributed by atoms with Gasteiger partial charge in [0, 0.05) is 14.5 Å². The second kappa shape index (κ2) is 1.99. The monoisotopic (exact) mass is 137 g/mol. The van der Waals surface area contributed by atoms with Gasteiger partial charge in [0.05, 0.1) is 0 Å². The Morgan fingerprint density at radius 1 is 1.30 bits per heavy atom. The first-order chi connectivity index (χ1) is 4.86. The summed E-state index contributed by atoms with van der Waals surface area (Å²) < 4.78 is 0. The fourth-order valence-electron chi connectivity index (χ4n) is 1.28. The van der Waals surface area contributed by atoms with Crippen molar-refractivity contribution >= 4 is 0 Å². The lowest BCUT2D eigenvalue weighted by molar-refractivity contribution is 0.474. The lowest BCUT2D eigenvalue weighted by Gasteiger charge is -1.96. The molecule has 0 radical (unpaired) electrons. The smallest absolute Gasteiger partial charge is 0.115 e. The molecule has 2 heteroatoms. The van der Waals surface area contributed by atoms with Crippen molar-refractivity contribution in [3.8, 4) is 5.75 Å². The summed E-state index contributed by atoms with van der Waals surface area (Å²) in [4.78, 5) is 0. The van der Waals surface area contributed by atoms with Crippen LogP contribution in [0, 0.1) is 0 Å². The molecule has 1 aliphatic rings. The van der Waals surface area contributed by atoms with Crippen molar-refractivity contribution in [2.75, 3.05) is 0 Å². The predicted molar refractivity (Wildman–Crippen MR) is 40.8 cm³/mol. The average molecular weight is 137 g/mol. The summed E-state index contributed by atoms with van der Waals surface area (Å²) in [7, 11) is 0. The van der Waals surface area contributed by atoms with Crippen LogP contribution in [0.1, 0.15) is 12.6 Å². The summed E-state index contributed by atoms with van der Waals surface area (Å²) in [6.45, 7) is 1.83. The number of nitrogens with one attached hydrogen (secondary N) is 1. The Bertz CT molecular complexity index is 262. The Labute approximate surface area is 61.0 Å². The fraction of sp³-hybridized carbons (Fsp3) is 0.250. The molecule has 0 spiro atoms. The molecule has 54 valence electrons. The molecule has 0 saturated heterocycles. The number of aromatic hydroxyl groups is 1. The first-order valence-corrected chi connectivity index (χ1v) is 3.38. The molecule has 0 amide bonds. The molecular formula is C8H11NO. The van der Waals surface area contributed by atoms with E-state index in [0.29, 0.717) is 5.75 Å². The normalized spacial score (nSPS) is 15.2. The van der Waals surface area contributed by atoms with Crippen molar-refractivity contribution in [2.24, 2.45) is 0 Å². The zero-order chi connectivity index (χ0) is 6.97. The largest absolute Gasteiger partial charge is 0.508 e. The quantitative estimate of drug-likeness (QED) is 0.564. The van der Waals surface area contributed by atoms with Gasteiger partial charge in [-0.25, -0.2) is 0 Å². The maximum atomic E-state index is 9.07. The van der Waals surface area contributed by atoms with Crippen LogP contribution in [0.15, 0.2) is 18.2 Å². The molecule has 0 fully saturated rings. The van der Waals surface area contributed by atoms with Crippen LogP contribution in [-0.4, -0.2) is 5.11 Å². The van der Waals surface area contributed by atoms with E-state index in [4.69, 9.17) is 5.11 Å². The number of phenolic OH excluding ortho intramolecular Hbond substituents is 1. The molecule has 10 heavy (non-hydrogen) atoms. The highest BCUT2D eigenvalue weighted by Gasteiger charge is 2.08. The van der Waals surface area contributed by atoms with E-state index in [1.165, 1.54) is 11.1 Å². The van der Waals surface area contributed by atoms with Gasteiger partial charge in [-0.1, -0.05) is 6.07 Å². The Morgan fingerprint density at radius 2 is 2.10 bits per heavy atom. The maximum Gasteiger partial charge on any atom is 0.115 e. The average Bonchev–Trinajstić information content (AvgIpc) is 2.33. The lowest BCUT2D eigenvalue weighted by atomic mass is 10.1. The molecule has 1 aromatic rings. The van der Waals surface area contributed by atoms with Crippen LogP contribution in [0.25, 0.3) is 0 Å². The third-order valence-corrected chi connectivity index (χ3v) is 1.82. The number of hydrogen-bond acceptors (Lipinski definition) is 2. The Kier molecular flexibility index (Phi) is 1.14. The summed E-state index contributed by atoms with van der Waals surface area (Å²) in [5.74, 6) is 0.363. The zero-order valence-electron chi connectivity index (χ0n) is 5.59. The summed E-state index contributed by atoms with van der Waals surface area (Å²) in [6, 6.07) is 5.51. The minimum absolute atomic E-state index is 0. The van der Waals surface area contributed by atoms with E-state index < -0.39 is 0 Å². The van der Waals surface area contributed by atoms with E-state index in [1.54, 1.807) is 6.07 Å². The zero-order valence-corrected chi connectivity index (χ0v) is 5.59. The molecule has 0 saturated carbocycles. The highest BCUT2D eigenvalue weighted by Crippen LogP contribution is 2.19. The number of rotatable bonds is 0. The maximum absolute atomic E-state index is 9.07. The van der Waals surface area contributed by atoms with Crippen LogP contribution >= 0.6 is 0 Å². The van der Waals surface area contributed by atoms with Gasteiger partial charge in [-0.15, -0.1) is 0 Å². The third-order valence-electron chi connectivity index (χ3n) is 1.82. The second-order valence-corrected chi connectivity index (χ2v) is 2.56. The van der Waals surface area contributed by atoms with Gasteiger partial charge in [0.25, 0.3) is 0 Å². The predicted octanol–water partition coefficient (Wildman–Crippen LogP) is 1.24. The number of benzene rings is 1. The number of phenols is 1. The van der Waals surface area contributed by atoms with Crippen molar-refractivity contribution < 1.29 is 6.53 Å². The van der Waals surface area contributed by atoms with Crippen molar-refractivity contribution in [1.29, 1.82) is 0 Å². The van der Waals surface area contributed by atoms with Gasteiger partial charge < -0.3 is 10.4 Å². The molecule has 1 aromatic carbocycles. The molecule has 2 N–H and O–H groups in total. The molecule has 2 nitrogen and oxygen atoms in total. The second-order valence-electron chi connectivity index (χ2n) is 2.56. The molecule has 2 rings (SSSR count). The van der Waals surface area contributed by atoms with Gasteiger partial charge in [-0.2, -0.15) is 0 Å². The molecule has 0 aliphatic carbocycles. The Morgan fingerprint density at radius 3 is 3.00 bits per heavy atom. The first kappa shape index (κ1) is 5.74. The fourth-order valence-corrected chi connectivity index (χ4v) is 1.28. The van der Waals surface area contributed by atoms with Gasteiger partial charge in [0.15, 0.2) is 0 Å². The van der Waals surface area contributed by atoms with E-state index in [9.17, 15) is 0 Å². The van der Waals surface area contributed by atoms with Crippen LogP contribution in [0.5, 0.6) is 5.75 Å². The topological polar surface area (TPSA) is 32.3 Å². The number of fused-ring (bicyclic) bond motifs is 1. The van der Waals surface area contributed by atoms with Crippen molar-refractivity contribution in [3.05, 3.63) is 29.3 Å². The van der Waals surface area contributed by atoms with Crippen LogP contribution < -0.4 is 5.32 Å². The van der Waals surface area contributed by atoms with Crippen LogP contribution in [0.4, 0.5) is 0 Å². The molecule has 0 aromatic heterocycles. The van der Waals surface area contributed by atoms with Crippen molar-refractivity contribution in [1.82, 2.24) is 5.32 Å². The van der Waals surface area contributed by atoms with Crippen molar-refractivity contribution in [3.63, 3.8) is 0 Å². The number of hydrogen-bond donors (Lipinski definition) is 2. The van der Waals surface area contributed by atoms with Gasteiger partial charge in [-0.05, 0) is 23.3 Å². The van der Waals surface area contributed by atoms with Crippen LogP contribution in [0.2, 0.25) is 0 Å². The Balaban J connectivity index is 0.000000605.